The summed E-state index contributed by atoms with van der Waals surface area (Å²) in [7, 11) is 1.76. The lowest BCUT2D eigenvalue weighted by molar-refractivity contribution is -0.119. The molecule has 1 aliphatic heterocycles. The van der Waals surface area contributed by atoms with Crippen molar-refractivity contribution in [3.05, 3.63) is 54.0 Å². The third kappa shape index (κ3) is 3.20. The molecule has 126 valence electrons. The van der Waals surface area contributed by atoms with Crippen molar-refractivity contribution in [3.63, 3.8) is 0 Å². The number of benzene rings is 1. The van der Waals surface area contributed by atoms with E-state index in [0.29, 0.717) is 12.0 Å². The van der Waals surface area contributed by atoms with E-state index in [2.05, 4.69) is 0 Å². The lowest BCUT2D eigenvalue weighted by atomic mass is 10.1. The average molecular weight is 326 g/mol. The van der Waals surface area contributed by atoms with Gasteiger partial charge in [0.05, 0.1) is 12.3 Å². The number of hydrogen-bond donors (Lipinski definition) is 0. The smallest absolute Gasteiger partial charge is 0.254 e. The summed E-state index contributed by atoms with van der Waals surface area (Å²) in [6.45, 7) is 2.68. The maximum Gasteiger partial charge on any atom is 0.254 e. The van der Waals surface area contributed by atoms with Crippen molar-refractivity contribution >= 4 is 17.5 Å². The number of amides is 2. The summed E-state index contributed by atoms with van der Waals surface area (Å²) in [5.41, 5.74) is 1.46. The minimum Gasteiger partial charge on any atom is -0.467 e. The van der Waals surface area contributed by atoms with Crippen LogP contribution < -0.4 is 4.90 Å². The highest BCUT2D eigenvalue weighted by molar-refractivity contribution is 5.97. The summed E-state index contributed by atoms with van der Waals surface area (Å²) in [5, 5.41) is 0. The fourth-order valence-electron chi connectivity index (χ4n) is 2.96. The van der Waals surface area contributed by atoms with Gasteiger partial charge in [0.1, 0.15) is 5.76 Å². The summed E-state index contributed by atoms with van der Waals surface area (Å²) in [5.74, 6) is 0.834. The summed E-state index contributed by atoms with van der Waals surface area (Å²) in [6.07, 6.45) is 4.19. The van der Waals surface area contributed by atoms with Crippen molar-refractivity contribution in [2.75, 3.05) is 18.5 Å². The van der Waals surface area contributed by atoms with Gasteiger partial charge in [0.2, 0.25) is 5.91 Å². The zero-order valence-electron chi connectivity index (χ0n) is 14.1. The molecule has 2 heterocycles. The number of rotatable bonds is 4. The molecule has 0 saturated carbocycles. The Morgan fingerprint density at radius 2 is 1.96 bits per heavy atom. The van der Waals surface area contributed by atoms with Crippen LogP contribution in [0.15, 0.2) is 47.1 Å². The van der Waals surface area contributed by atoms with Crippen molar-refractivity contribution < 1.29 is 14.0 Å². The summed E-state index contributed by atoms with van der Waals surface area (Å²) in [4.78, 5) is 28.1. The van der Waals surface area contributed by atoms with Crippen LogP contribution in [0.3, 0.4) is 0 Å². The molecule has 1 aromatic heterocycles. The van der Waals surface area contributed by atoms with E-state index in [1.807, 2.05) is 31.2 Å². The topological polar surface area (TPSA) is 53.8 Å². The quantitative estimate of drug-likeness (QED) is 0.862. The first-order valence-corrected chi connectivity index (χ1v) is 8.29. The lowest BCUT2D eigenvalue weighted by Crippen LogP contribution is -2.35. The third-order valence-corrected chi connectivity index (χ3v) is 4.61. The van der Waals surface area contributed by atoms with Gasteiger partial charge in [-0.25, -0.2) is 0 Å². The molecule has 0 aliphatic carbocycles. The van der Waals surface area contributed by atoms with Gasteiger partial charge in [-0.15, -0.1) is 0 Å². The first kappa shape index (κ1) is 16.3. The first-order chi connectivity index (χ1) is 11.6. The SMILES string of the molecule is CC(c1ccco1)N(C)C(=O)c1ccc(N2CCCCC2=O)cc1. The molecule has 2 amide bonds. The van der Waals surface area contributed by atoms with Crippen LogP contribution in [0, 0.1) is 0 Å². The van der Waals surface area contributed by atoms with Gasteiger partial charge in [-0.1, -0.05) is 0 Å². The van der Waals surface area contributed by atoms with Crippen molar-refractivity contribution in [1.29, 1.82) is 0 Å². The van der Waals surface area contributed by atoms with E-state index >= 15 is 0 Å². The second kappa shape index (κ2) is 6.91. The Hall–Kier alpha value is -2.56. The second-order valence-corrected chi connectivity index (χ2v) is 6.16. The molecule has 2 aromatic rings. The number of hydrogen-bond acceptors (Lipinski definition) is 3. The molecule has 0 bridgehead atoms. The number of piperidine rings is 1. The molecule has 5 nitrogen and oxygen atoms in total. The molecule has 0 spiro atoms. The van der Waals surface area contributed by atoms with E-state index in [1.165, 1.54) is 0 Å². The highest BCUT2D eigenvalue weighted by Crippen LogP contribution is 2.24. The van der Waals surface area contributed by atoms with Crippen LogP contribution in [0.1, 0.15) is 48.3 Å². The zero-order valence-corrected chi connectivity index (χ0v) is 14.1. The third-order valence-electron chi connectivity index (χ3n) is 4.61. The van der Waals surface area contributed by atoms with Gasteiger partial charge >= 0.3 is 0 Å². The van der Waals surface area contributed by atoms with Gasteiger partial charge in [0.25, 0.3) is 5.91 Å². The molecule has 24 heavy (non-hydrogen) atoms. The van der Waals surface area contributed by atoms with Crippen molar-refractivity contribution in [2.45, 2.75) is 32.2 Å². The van der Waals surface area contributed by atoms with Crippen molar-refractivity contribution in [1.82, 2.24) is 4.90 Å². The number of furan rings is 1. The van der Waals surface area contributed by atoms with Gasteiger partial charge < -0.3 is 14.2 Å². The van der Waals surface area contributed by atoms with E-state index in [4.69, 9.17) is 4.42 Å². The molecule has 1 saturated heterocycles. The predicted molar refractivity (Wildman–Crippen MR) is 91.9 cm³/mol. The zero-order chi connectivity index (χ0) is 17.1. The molecule has 0 radical (unpaired) electrons. The minimum atomic E-state index is -0.143. The molecule has 0 N–H and O–H groups in total. The Labute approximate surface area is 141 Å². The molecule has 1 atom stereocenters. The Balaban J connectivity index is 1.72. The Kier molecular flexibility index (Phi) is 4.69. The van der Waals surface area contributed by atoms with E-state index < -0.39 is 0 Å². The van der Waals surface area contributed by atoms with Gasteiger partial charge in [-0.2, -0.15) is 0 Å². The number of nitrogens with zero attached hydrogens (tertiary/aromatic N) is 2. The molecule has 1 aromatic carbocycles. The molecule has 1 fully saturated rings. The van der Waals surface area contributed by atoms with Gasteiger partial charge in [0, 0.05) is 31.3 Å². The highest BCUT2D eigenvalue weighted by Gasteiger charge is 2.22. The molecular formula is C19H22N2O3. The average Bonchev–Trinajstić information content (AvgIpc) is 3.15. The molecule has 1 unspecified atom stereocenters. The fraction of sp³-hybridized carbons (Fsp3) is 0.368. The normalized spacial score (nSPS) is 16.1. The van der Waals surface area contributed by atoms with E-state index in [9.17, 15) is 9.59 Å². The Morgan fingerprint density at radius 1 is 1.21 bits per heavy atom. The highest BCUT2D eigenvalue weighted by atomic mass is 16.3. The molecule has 1 aliphatic rings. The summed E-state index contributed by atoms with van der Waals surface area (Å²) in [6, 6.07) is 10.8. The number of carbonyl (C=O) groups excluding carboxylic acids is 2. The summed E-state index contributed by atoms with van der Waals surface area (Å²) >= 11 is 0. The van der Waals surface area contributed by atoms with Crippen LogP contribution in [0.5, 0.6) is 0 Å². The van der Waals surface area contributed by atoms with E-state index in [1.54, 1.807) is 35.2 Å². The van der Waals surface area contributed by atoms with Crippen LogP contribution in [0.4, 0.5) is 5.69 Å². The van der Waals surface area contributed by atoms with Gasteiger partial charge in [-0.05, 0) is 56.2 Å². The van der Waals surface area contributed by atoms with Crippen LogP contribution in [0.25, 0.3) is 0 Å². The fourth-order valence-corrected chi connectivity index (χ4v) is 2.96. The maximum absolute atomic E-state index is 12.6. The predicted octanol–water partition coefficient (Wildman–Crippen LogP) is 3.63. The lowest BCUT2D eigenvalue weighted by Gasteiger charge is -2.27. The van der Waals surface area contributed by atoms with Crippen LogP contribution in [0.2, 0.25) is 0 Å². The monoisotopic (exact) mass is 326 g/mol. The number of carbonyl (C=O) groups is 2. The van der Waals surface area contributed by atoms with Crippen molar-refractivity contribution in [3.8, 4) is 0 Å². The molecular weight excluding hydrogens is 304 g/mol. The molecule has 5 heteroatoms. The van der Waals surface area contributed by atoms with Crippen LogP contribution in [-0.4, -0.2) is 30.3 Å². The Bertz CT molecular complexity index is 707. The second-order valence-electron chi connectivity index (χ2n) is 6.16. The molecule has 3 rings (SSSR count). The van der Waals surface area contributed by atoms with E-state index in [0.717, 1.165) is 30.8 Å². The van der Waals surface area contributed by atoms with E-state index in [-0.39, 0.29) is 17.9 Å². The van der Waals surface area contributed by atoms with Crippen molar-refractivity contribution in [2.24, 2.45) is 0 Å². The standard InChI is InChI=1S/C19H22N2O3/c1-14(17-6-5-13-24-17)20(2)19(23)15-8-10-16(11-9-15)21-12-4-3-7-18(21)22/h5-6,8-11,13-14H,3-4,7,12H2,1-2H3. The Morgan fingerprint density at radius 3 is 2.58 bits per heavy atom. The van der Waals surface area contributed by atoms with Crippen LogP contribution >= 0.6 is 0 Å². The van der Waals surface area contributed by atoms with Gasteiger partial charge in [0.15, 0.2) is 0 Å². The van der Waals surface area contributed by atoms with Gasteiger partial charge in [-0.3, -0.25) is 9.59 Å². The van der Waals surface area contributed by atoms with Crippen LogP contribution in [-0.2, 0) is 4.79 Å². The summed E-state index contributed by atoms with van der Waals surface area (Å²) < 4.78 is 5.37. The maximum atomic E-state index is 12.6. The number of anilines is 1. The first-order valence-electron chi connectivity index (χ1n) is 8.29. The minimum absolute atomic E-state index is 0.0737. The largest absolute Gasteiger partial charge is 0.467 e.